The fraction of sp³-hybridized carbons (Fsp3) is 0.333. The minimum Gasteiger partial charge on any atom is -0.378 e. The van der Waals surface area contributed by atoms with Crippen LogP contribution >= 0.6 is 15.9 Å². The van der Waals surface area contributed by atoms with Crippen molar-refractivity contribution in [1.29, 1.82) is 0 Å². The van der Waals surface area contributed by atoms with Gasteiger partial charge in [0.05, 0.1) is 19.8 Å². The Labute approximate surface area is 173 Å². The molecule has 2 aromatic carbocycles. The van der Waals surface area contributed by atoms with E-state index < -0.39 is 0 Å². The molecule has 2 amide bonds. The second-order valence-electron chi connectivity index (χ2n) is 6.67. The Balaban J connectivity index is 1.58. The van der Waals surface area contributed by atoms with Crippen LogP contribution in [0.1, 0.15) is 15.9 Å². The molecule has 6 nitrogen and oxygen atoms in total. The summed E-state index contributed by atoms with van der Waals surface area (Å²) in [5, 5.41) is 2.69. The summed E-state index contributed by atoms with van der Waals surface area (Å²) in [6, 6.07) is 15.2. The van der Waals surface area contributed by atoms with E-state index in [1.165, 1.54) is 0 Å². The predicted molar refractivity (Wildman–Crippen MR) is 112 cm³/mol. The van der Waals surface area contributed by atoms with Gasteiger partial charge in [-0.15, -0.1) is 0 Å². The molecular formula is C21H24BrN3O3. The number of anilines is 1. The molecular weight excluding hydrogens is 422 g/mol. The monoisotopic (exact) mass is 445 g/mol. The number of nitrogens with zero attached hydrogens (tertiary/aromatic N) is 2. The molecule has 3 rings (SSSR count). The molecule has 0 aliphatic carbocycles. The van der Waals surface area contributed by atoms with Gasteiger partial charge in [0.25, 0.3) is 5.91 Å². The summed E-state index contributed by atoms with van der Waals surface area (Å²) in [6.45, 7) is 3.56. The third kappa shape index (κ3) is 5.33. The van der Waals surface area contributed by atoms with E-state index in [0.29, 0.717) is 25.3 Å². The van der Waals surface area contributed by atoms with Gasteiger partial charge in [-0.3, -0.25) is 9.59 Å². The van der Waals surface area contributed by atoms with Crippen LogP contribution in [-0.2, 0) is 16.1 Å². The molecule has 0 atom stereocenters. The van der Waals surface area contributed by atoms with Gasteiger partial charge in [-0.25, -0.2) is 0 Å². The van der Waals surface area contributed by atoms with Gasteiger partial charge < -0.3 is 19.9 Å². The van der Waals surface area contributed by atoms with Crippen LogP contribution in [0.3, 0.4) is 0 Å². The maximum Gasteiger partial charge on any atom is 0.251 e. The second-order valence-corrected chi connectivity index (χ2v) is 7.59. The Kier molecular flexibility index (Phi) is 7.06. The number of hydrogen-bond acceptors (Lipinski definition) is 4. The van der Waals surface area contributed by atoms with Crippen LogP contribution in [0.5, 0.6) is 0 Å². The van der Waals surface area contributed by atoms with Crippen LogP contribution < -0.4 is 10.2 Å². The number of para-hydroxylation sites is 1. The maximum absolute atomic E-state index is 12.5. The first-order chi connectivity index (χ1) is 13.5. The zero-order valence-corrected chi connectivity index (χ0v) is 17.4. The average Bonchev–Trinajstić information content (AvgIpc) is 2.72. The Morgan fingerprint density at radius 3 is 2.64 bits per heavy atom. The SMILES string of the molecule is CN(Cc1ccccc1N1CCOCC1)C(=O)CNC(=O)c1cccc(Br)c1. The molecule has 0 spiro atoms. The first kappa shape index (κ1) is 20.4. The van der Waals surface area contributed by atoms with Crippen LogP contribution in [0.4, 0.5) is 5.69 Å². The van der Waals surface area contributed by atoms with E-state index in [2.05, 4.69) is 32.2 Å². The molecule has 1 aliphatic rings. The van der Waals surface area contributed by atoms with Crippen LogP contribution in [0, 0.1) is 0 Å². The van der Waals surface area contributed by atoms with Crippen molar-refractivity contribution >= 4 is 33.4 Å². The van der Waals surface area contributed by atoms with E-state index in [4.69, 9.17) is 4.74 Å². The third-order valence-electron chi connectivity index (χ3n) is 4.66. The quantitative estimate of drug-likeness (QED) is 0.742. The normalized spacial score (nSPS) is 13.9. The van der Waals surface area contributed by atoms with E-state index in [-0.39, 0.29) is 18.4 Å². The van der Waals surface area contributed by atoms with Gasteiger partial charge in [0.2, 0.25) is 5.91 Å². The molecule has 1 N–H and O–H groups in total. The number of nitrogens with one attached hydrogen (secondary N) is 1. The number of morpholine rings is 1. The molecule has 0 unspecified atom stereocenters. The summed E-state index contributed by atoms with van der Waals surface area (Å²) in [6.07, 6.45) is 0. The molecule has 7 heteroatoms. The van der Waals surface area contributed by atoms with Crippen molar-refractivity contribution in [3.8, 4) is 0 Å². The van der Waals surface area contributed by atoms with Gasteiger partial charge in [-0.1, -0.05) is 40.2 Å². The zero-order valence-electron chi connectivity index (χ0n) is 15.9. The molecule has 0 radical (unpaired) electrons. The van der Waals surface area contributed by atoms with Gasteiger partial charge in [0.15, 0.2) is 0 Å². The minimum absolute atomic E-state index is 0.0401. The van der Waals surface area contributed by atoms with Gasteiger partial charge in [0, 0.05) is 42.4 Å². The van der Waals surface area contributed by atoms with Gasteiger partial charge in [0.1, 0.15) is 0 Å². The van der Waals surface area contributed by atoms with Crippen molar-refractivity contribution in [2.45, 2.75) is 6.54 Å². The Morgan fingerprint density at radius 2 is 1.89 bits per heavy atom. The molecule has 1 heterocycles. The number of likely N-dealkylation sites (N-methyl/N-ethyl adjacent to an activating group) is 1. The largest absolute Gasteiger partial charge is 0.378 e. The van der Waals surface area contributed by atoms with Gasteiger partial charge >= 0.3 is 0 Å². The minimum atomic E-state index is -0.267. The van der Waals surface area contributed by atoms with Crippen molar-refractivity contribution in [1.82, 2.24) is 10.2 Å². The highest BCUT2D eigenvalue weighted by molar-refractivity contribution is 9.10. The fourth-order valence-corrected chi connectivity index (χ4v) is 3.52. The van der Waals surface area contributed by atoms with E-state index >= 15 is 0 Å². The van der Waals surface area contributed by atoms with Crippen molar-refractivity contribution in [2.24, 2.45) is 0 Å². The van der Waals surface area contributed by atoms with Crippen molar-refractivity contribution in [3.63, 3.8) is 0 Å². The summed E-state index contributed by atoms with van der Waals surface area (Å²) in [5.41, 5.74) is 2.73. The number of halogens is 1. The van der Waals surface area contributed by atoms with E-state index in [0.717, 1.165) is 28.8 Å². The number of amides is 2. The first-order valence-corrected chi connectivity index (χ1v) is 10.0. The van der Waals surface area contributed by atoms with E-state index in [1.807, 2.05) is 24.3 Å². The highest BCUT2D eigenvalue weighted by atomic mass is 79.9. The lowest BCUT2D eigenvalue weighted by molar-refractivity contribution is -0.129. The summed E-state index contributed by atoms with van der Waals surface area (Å²) in [5.74, 6) is -0.406. The van der Waals surface area contributed by atoms with Crippen LogP contribution in [-0.4, -0.2) is 56.6 Å². The molecule has 2 aromatic rings. The Bertz CT molecular complexity index is 837. The lowest BCUT2D eigenvalue weighted by Crippen LogP contribution is -2.39. The number of ether oxygens (including phenoxy) is 1. The maximum atomic E-state index is 12.5. The van der Waals surface area contributed by atoms with E-state index in [9.17, 15) is 9.59 Å². The summed E-state index contributed by atoms with van der Waals surface area (Å²) < 4.78 is 6.25. The predicted octanol–water partition coefficient (Wildman–Crippen LogP) is 2.67. The third-order valence-corrected chi connectivity index (χ3v) is 5.16. The topological polar surface area (TPSA) is 61.9 Å². The number of rotatable bonds is 6. The smallest absolute Gasteiger partial charge is 0.251 e. The number of carbonyl (C=O) groups is 2. The number of carbonyl (C=O) groups excluding carboxylic acids is 2. The van der Waals surface area contributed by atoms with E-state index in [1.54, 1.807) is 30.1 Å². The lowest BCUT2D eigenvalue weighted by atomic mass is 10.1. The molecule has 0 aromatic heterocycles. The van der Waals surface area contributed by atoms with Crippen LogP contribution in [0.25, 0.3) is 0 Å². The standard InChI is InChI=1S/C21H24BrN3O3/c1-24(20(26)14-23-21(27)16-6-4-7-18(22)13-16)15-17-5-2-3-8-19(17)25-9-11-28-12-10-25/h2-8,13H,9-12,14-15H2,1H3,(H,23,27). The second kappa shape index (κ2) is 9.71. The van der Waals surface area contributed by atoms with Crippen molar-refractivity contribution in [3.05, 3.63) is 64.1 Å². The number of benzene rings is 2. The summed E-state index contributed by atoms with van der Waals surface area (Å²) in [7, 11) is 1.75. The van der Waals surface area contributed by atoms with Gasteiger partial charge in [-0.05, 0) is 29.8 Å². The Hall–Kier alpha value is -2.38. The zero-order chi connectivity index (χ0) is 19.9. The molecule has 1 saturated heterocycles. The molecule has 148 valence electrons. The average molecular weight is 446 g/mol. The summed E-state index contributed by atoms with van der Waals surface area (Å²) in [4.78, 5) is 28.7. The summed E-state index contributed by atoms with van der Waals surface area (Å²) >= 11 is 3.34. The van der Waals surface area contributed by atoms with Gasteiger partial charge in [-0.2, -0.15) is 0 Å². The molecule has 0 bridgehead atoms. The number of hydrogen-bond donors (Lipinski definition) is 1. The van der Waals surface area contributed by atoms with Crippen LogP contribution in [0.15, 0.2) is 53.0 Å². The highest BCUT2D eigenvalue weighted by Gasteiger charge is 2.17. The molecule has 1 aliphatic heterocycles. The Morgan fingerprint density at radius 1 is 1.14 bits per heavy atom. The van der Waals surface area contributed by atoms with Crippen LogP contribution in [0.2, 0.25) is 0 Å². The molecule has 0 saturated carbocycles. The first-order valence-electron chi connectivity index (χ1n) is 9.23. The van der Waals surface area contributed by atoms with Crippen molar-refractivity contribution < 1.29 is 14.3 Å². The fourth-order valence-electron chi connectivity index (χ4n) is 3.12. The molecule has 28 heavy (non-hydrogen) atoms. The highest BCUT2D eigenvalue weighted by Crippen LogP contribution is 2.22. The lowest BCUT2D eigenvalue weighted by Gasteiger charge is -2.31. The van der Waals surface area contributed by atoms with Crippen molar-refractivity contribution in [2.75, 3.05) is 44.8 Å². The molecule has 1 fully saturated rings.